The van der Waals surface area contributed by atoms with E-state index < -0.39 is 21.9 Å². The van der Waals surface area contributed by atoms with Crippen molar-refractivity contribution in [1.82, 2.24) is 9.88 Å². The second-order valence-corrected chi connectivity index (χ2v) is 5.27. The molecule has 0 aliphatic heterocycles. The second-order valence-electron chi connectivity index (χ2n) is 3.70. The summed E-state index contributed by atoms with van der Waals surface area (Å²) < 4.78 is 28.2. The van der Waals surface area contributed by atoms with E-state index in [-0.39, 0.29) is 23.7 Å². The topological polar surface area (TPSA) is 120 Å². The van der Waals surface area contributed by atoms with Crippen molar-refractivity contribution in [2.75, 3.05) is 13.2 Å². The first kappa shape index (κ1) is 15.2. The zero-order valence-electron chi connectivity index (χ0n) is 10.5. The Balaban J connectivity index is 2.78. The standard InChI is InChI=1S/C10H15N3O5S/c1-3-18-9(14)5-12-10(15)8-4-7(6-13(8)2)19(11,16)17/h4,6H,3,5H2,1-2H3,(H,12,15)(H2,11,16,17). The van der Waals surface area contributed by atoms with Crippen molar-refractivity contribution in [2.45, 2.75) is 11.8 Å². The van der Waals surface area contributed by atoms with Crippen LogP contribution in [0.1, 0.15) is 17.4 Å². The van der Waals surface area contributed by atoms with Gasteiger partial charge in [-0.3, -0.25) is 9.59 Å². The third kappa shape index (κ3) is 4.07. The molecule has 1 amide bonds. The van der Waals surface area contributed by atoms with Gasteiger partial charge in [-0.2, -0.15) is 0 Å². The molecule has 106 valence electrons. The first-order chi connectivity index (χ1) is 8.75. The molecule has 3 N–H and O–H groups in total. The Hall–Kier alpha value is -1.87. The van der Waals surface area contributed by atoms with E-state index in [0.29, 0.717) is 0 Å². The third-order valence-corrected chi connectivity index (χ3v) is 3.12. The minimum Gasteiger partial charge on any atom is -0.465 e. The van der Waals surface area contributed by atoms with Crippen LogP contribution in [0.5, 0.6) is 0 Å². The summed E-state index contributed by atoms with van der Waals surface area (Å²) in [5, 5.41) is 7.27. The first-order valence-corrected chi connectivity index (χ1v) is 6.93. The number of aryl methyl sites for hydroxylation is 1. The van der Waals surface area contributed by atoms with E-state index in [4.69, 9.17) is 5.14 Å². The fourth-order valence-electron chi connectivity index (χ4n) is 1.37. The number of amides is 1. The number of esters is 1. The smallest absolute Gasteiger partial charge is 0.325 e. The molecule has 0 spiro atoms. The number of hydrogen-bond donors (Lipinski definition) is 2. The van der Waals surface area contributed by atoms with Gasteiger partial charge < -0.3 is 14.6 Å². The van der Waals surface area contributed by atoms with E-state index >= 15 is 0 Å². The van der Waals surface area contributed by atoms with Crippen LogP contribution in [0.15, 0.2) is 17.2 Å². The average Bonchev–Trinajstić information content (AvgIpc) is 2.68. The molecule has 0 bridgehead atoms. The normalized spacial score (nSPS) is 11.1. The van der Waals surface area contributed by atoms with Crippen molar-refractivity contribution < 1.29 is 22.7 Å². The average molecular weight is 289 g/mol. The summed E-state index contributed by atoms with van der Waals surface area (Å²) in [6.45, 7) is 1.58. The Bertz CT molecular complexity index is 590. The van der Waals surface area contributed by atoms with Gasteiger partial charge in [0.25, 0.3) is 5.91 Å². The molecule has 9 heteroatoms. The zero-order valence-corrected chi connectivity index (χ0v) is 11.4. The van der Waals surface area contributed by atoms with Crippen molar-refractivity contribution in [3.05, 3.63) is 18.0 Å². The van der Waals surface area contributed by atoms with Crippen LogP contribution in [-0.4, -0.2) is 38.0 Å². The monoisotopic (exact) mass is 289 g/mol. The van der Waals surface area contributed by atoms with E-state index in [9.17, 15) is 18.0 Å². The highest BCUT2D eigenvalue weighted by atomic mass is 32.2. The minimum atomic E-state index is -3.87. The number of primary sulfonamides is 1. The van der Waals surface area contributed by atoms with Crippen molar-refractivity contribution in [1.29, 1.82) is 0 Å². The molecule has 19 heavy (non-hydrogen) atoms. The highest BCUT2D eigenvalue weighted by molar-refractivity contribution is 7.89. The van der Waals surface area contributed by atoms with Gasteiger partial charge in [-0.05, 0) is 13.0 Å². The number of carbonyl (C=O) groups excluding carboxylic acids is 2. The quantitative estimate of drug-likeness (QED) is 0.671. The largest absolute Gasteiger partial charge is 0.465 e. The molecule has 0 fully saturated rings. The lowest BCUT2D eigenvalue weighted by Gasteiger charge is -2.05. The van der Waals surface area contributed by atoms with Gasteiger partial charge in [-0.1, -0.05) is 0 Å². The summed E-state index contributed by atoms with van der Waals surface area (Å²) >= 11 is 0. The fourth-order valence-corrected chi connectivity index (χ4v) is 1.95. The van der Waals surface area contributed by atoms with Crippen LogP contribution < -0.4 is 10.5 Å². The molecular weight excluding hydrogens is 274 g/mol. The molecule has 1 aromatic heterocycles. The van der Waals surface area contributed by atoms with E-state index in [1.165, 1.54) is 17.8 Å². The fraction of sp³-hybridized carbons (Fsp3) is 0.400. The first-order valence-electron chi connectivity index (χ1n) is 5.38. The van der Waals surface area contributed by atoms with Crippen LogP contribution in [0.2, 0.25) is 0 Å². The number of nitrogens with two attached hydrogens (primary N) is 1. The third-order valence-electron chi connectivity index (χ3n) is 2.24. The van der Waals surface area contributed by atoms with Crippen molar-refractivity contribution >= 4 is 21.9 Å². The Kier molecular flexibility index (Phi) is 4.67. The molecule has 1 rings (SSSR count). The predicted molar refractivity (Wildman–Crippen MR) is 65.8 cm³/mol. The maximum atomic E-state index is 11.7. The molecule has 0 unspecified atom stereocenters. The van der Waals surface area contributed by atoms with Gasteiger partial charge in [0, 0.05) is 13.2 Å². The van der Waals surface area contributed by atoms with E-state index in [1.807, 2.05) is 0 Å². The molecular formula is C10H15N3O5S. The summed E-state index contributed by atoms with van der Waals surface area (Å²) in [7, 11) is -2.38. The Morgan fingerprint density at radius 1 is 1.47 bits per heavy atom. The van der Waals surface area contributed by atoms with Crippen LogP contribution in [0.4, 0.5) is 0 Å². The Morgan fingerprint density at radius 2 is 2.11 bits per heavy atom. The maximum Gasteiger partial charge on any atom is 0.325 e. The number of nitrogens with one attached hydrogen (secondary N) is 1. The summed E-state index contributed by atoms with van der Waals surface area (Å²) in [4.78, 5) is 22.6. The number of aromatic nitrogens is 1. The minimum absolute atomic E-state index is 0.0772. The van der Waals surface area contributed by atoms with Crippen molar-refractivity contribution in [3.8, 4) is 0 Å². The van der Waals surface area contributed by atoms with Gasteiger partial charge in [0.2, 0.25) is 10.0 Å². The van der Waals surface area contributed by atoms with Crippen LogP contribution in [0.3, 0.4) is 0 Å². The maximum absolute atomic E-state index is 11.7. The van der Waals surface area contributed by atoms with Crippen LogP contribution in [-0.2, 0) is 26.6 Å². The molecule has 1 heterocycles. The molecule has 0 radical (unpaired) electrons. The van der Waals surface area contributed by atoms with Gasteiger partial charge in [0.15, 0.2) is 0 Å². The summed E-state index contributed by atoms with van der Waals surface area (Å²) in [5.41, 5.74) is 0.0772. The molecule has 0 saturated carbocycles. The van der Waals surface area contributed by atoms with Gasteiger partial charge in [0.1, 0.15) is 17.1 Å². The van der Waals surface area contributed by atoms with Crippen molar-refractivity contribution in [2.24, 2.45) is 12.2 Å². The lowest BCUT2D eigenvalue weighted by molar-refractivity contribution is -0.141. The second kappa shape index (κ2) is 5.85. The number of sulfonamides is 1. The van der Waals surface area contributed by atoms with Crippen LogP contribution in [0.25, 0.3) is 0 Å². The van der Waals surface area contributed by atoms with E-state index in [1.54, 1.807) is 6.92 Å². The molecule has 0 aliphatic rings. The summed E-state index contributed by atoms with van der Waals surface area (Å²) in [6.07, 6.45) is 1.22. The molecule has 8 nitrogen and oxygen atoms in total. The van der Waals surface area contributed by atoms with E-state index in [2.05, 4.69) is 10.1 Å². The molecule has 0 saturated heterocycles. The summed E-state index contributed by atoms with van der Waals surface area (Å²) in [6, 6.07) is 1.13. The van der Waals surface area contributed by atoms with Gasteiger partial charge >= 0.3 is 5.97 Å². The highest BCUT2D eigenvalue weighted by Gasteiger charge is 2.17. The molecule has 1 aromatic rings. The number of hydrogen-bond acceptors (Lipinski definition) is 5. The lowest BCUT2D eigenvalue weighted by atomic mass is 10.4. The Labute approximate surface area is 110 Å². The van der Waals surface area contributed by atoms with Crippen molar-refractivity contribution in [3.63, 3.8) is 0 Å². The SMILES string of the molecule is CCOC(=O)CNC(=O)c1cc(S(N)(=O)=O)cn1C. The lowest BCUT2D eigenvalue weighted by Crippen LogP contribution is -2.31. The van der Waals surface area contributed by atoms with Gasteiger partial charge in [0.05, 0.1) is 6.61 Å². The molecule has 0 aromatic carbocycles. The number of ether oxygens (including phenoxy) is 1. The predicted octanol–water partition coefficient (Wildman–Crippen LogP) is -1.03. The van der Waals surface area contributed by atoms with Crippen LogP contribution in [0, 0.1) is 0 Å². The van der Waals surface area contributed by atoms with Gasteiger partial charge in [-0.15, -0.1) is 0 Å². The number of nitrogens with zero attached hydrogens (tertiary/aromatic N) is 1. The van der Waals surface area contributed by atoms with E-state index in [0.717, 1.165) is 6.07 Å². The number of carbonyl (C=O) groups is 2. The van der Waals surface area contributed by atoms with Gasteiger partial charge in [-0.25, -0.2) is 13.6 Å². The highest BCUT2D eigenvalue weighted by Crippen LogP contribution is 2.11. The zero-order chi connectivity index (χ0) is 14.6. The molecule has 0 aliphatic carbocycles. The van der Waals surface area contributed by atoms with Crippen LogP contribution >= 0.6 is 0 Å². The Morgan fingerprint density at radius 3 is 2.58 bits per heavy atom. The molecule has 0 atom stereocenters. The summed E-state index contributed by atoms with van der Waals surface area (Å²) in [5.74, 6) is -1.16. The number of rotatable bonds is 5.